The van der Waals surface area contributed by atoms with Gasteiger partial charge in [0.05, 0.1) is 15.6 Å². The predicted octanol–water partition coefficient (Wildman–Crippen LogP) is 6.59. The van der Waals surface area contributed by atoms with Crippen LogP contribution in [-0.4, -0.2) is 138 Å². The van der Waals surface area contributed by atoms with E-state index in [1.165, 1.54) is 48.5 Å². The summed E-state index contributed by atoms with van der Waals surface area (Å²) in [6.07, 6.45) is -3.09. The molecule has 100 heavy (non-hydrogen) atoms. The van der Waals surface area contributed by atoms with Crippen molar-refractivity contribution in [3.63, 3.8) is 0 Å². The lowest BCUT2D eigenvalue weighted by Gasteiger charge is -2.31. The molecule has 0 radical (unpaired) electrons. The summed E-state index contributed by atoms with van der Waals surface area (Å²) in [6.45, 7) is 5.49. The lowest BCUT2D eigenvalue weighted by Crippen LogP contribution is -2.55. The number of phenols is 6. The van der Waals surface area contributed by atoms with E-state index in [0.717, 1.165) is 60.7 Å². The monoisotopic (exact) mass is 1410 g/mol. The van der Waals surface area contributed by atoms with Gasteiger partial charge >= 0.3 is 12.1 Å². The first kappa shape index (κ1) is 70.1. The average molecular weight is 1410 g/mol. The van der Waals surface area contributed by atoms with E-state index in [0.29, 0.717) is 19.5 Å². The first-order valence-electron chi connectivity index (χ1n) is 31.0. The molecule has 7 amide bonds. The molecule has 6 aliphatic heterocycles. The number of phenolic OH excluding ortho intramolecular Hbond substituents is 6. The van der Waals surface area contributed by atoms with E-state index in [2.05, 4.69) is 42.5 Å². The van der Waals surface area contributed by atoms with Gasteiger partial charge in [-0.1, -0.05) is 47.5 Å². The van der Waals surface area contributed by atoms with Crippen LogP contribution in [0.2, 0.25) is 10.0 Å². The highest BCUT2D eigenvalue weighted by molar-refractivity contribution is 6.32. The Hall–Kier alpha value is -11.2. The zero-order chi connectivity index (χ0) is 71.9. The highest BCUT2D eigenvalue weighted by Gasteiger charge is 2.42. The minimum Gasteiger partial charge on any atom is -0.508 e. The molecule has 7 aromatic rings. The maximum absolute atomic E-state index is 16.0. The quantitative estimate of drug-likeness (QED) is 0.0713. The number of amides is 7. The number of carboxylic acid groups (broad SMARTS) is 1. The summed E-state index contributed by atoms with van der Waals surface area (Å²) < 4.78 is 24.2. The van der Waals surface area contributed by atoms with E-state index >= 15 is 19.2 Å². The SMILES string of the molecule is CN(C)CCCNCc1c(O)cc2c(c1O)-c1cc(ccc1O)[C@@H]1NC(=O)[C@H]3NC(=O)[C@H]4NC(=O)[C@H](Cc5ccc(c(Cl)c5)Oc5cc3cc(c5O)Oc3ccc(cc3Cl)C(O)[C@H](NC1=O)C(=O)N[C@@H]2C(=O)O)NC(=O)[C@@H](NC(=O)OC(C)(C)C)c1ccc(O)c(c1)Oc1cc(O)cc4c1. The van der Waals surface area contributed by atoms with Crippen molar-refractivity contribution in [2.75, 3.05) is 27.2 Å². The van der Waals surface area contributed by atoms with E-state index in [9.17, 15) is 60.0 Å². The summed E-state index contributed by atoms with van der Waals surface area (Å²) in [5, 5.41) is 114. The Morgan fingerprint density at radius 1 is 0.590 bits per heavy atom. The number of rotatable bonds is 8. The molecule has 7 aromatic carbocycles. The number of fused-ring (bicyclic) bond motifs is 14. The van der Waals surface area contributed by atoms with Crippen molar-refractivity contribution in [2.45, 2.75) is 94.2 Å². The normalized spacial score (nSPS) is 20.6. The molecule has 16 N–H and O–H groups in total. The van der Waals surface area contributed by atoms with Crippen LogP contribution in [0.5, 0.6) is 69.0 Å². The fourth-order valence-corrected chi connectivity index (χ4v) is 12.2. The lowest BCUT2D eigenvalue weighted by atomic mass is 9.88. The largest absolute Gasteiger partial charge is 0.508 e. The molecule has 31 heteroatoms. The van der Waals surface area contributed by atoms with E-state index in [1.807, 2.05) is 19.0 Å². The van der Waals surface area contributed by atoms with Crippen LogP contribution < -0.4 is 56.7 Å². The Morgan fingerprint density at radius 3 is 1.84 bits per heavy atom. The Balaban J connectivity index is 1.12. The van der Waals surface area contributed by atoms with E-state index < -0.39 is 171 Å². The molecule has 522 valence electrons. The smallest absolute Gasteiger partial charge is 0.408 e. The van der Waals surface area contributed by atoms with Crippen LogP contribution in [0.15, 0.2) is 109 Å². The maximum atomic E-state index is 16.0. The van der Waals surface area contributed by atoms with Crippen molar-refractivity contribution >= 4 is 70.7 Å². The minimum atomic E-state index is -2.24. The molecular weight excluding hydrogens is 1350 g/mol. The number of hydrogen-bond acceptors (Lipinski definition) is 21. The molecule has 8 atom stereocenters. The molecule has 13 rings (SSSR count). The first-order valence-corrected chi connectivity index (χ1v) is 31.8. The number of carbonyl (C=O) groups is 8. The highest BCUT2D eigenvalue weighted by atomic mass is 35.5. The number of nitrogens with zero attached hydrogens (tertiary/aromatic N) is 1. The van der Waals surface area contributed by atoms with Crippen molar-refractivity contribution in [3.05, 3.63) is 164 Å². The molecule has 0 saturated carbocycles. The van der Waals surface area contributed by atoms with Crippen LogP contribution in [0.3, 0.4) is 0 Å². The molecular formula is C69H67Cl2N9O20. The molecule has 6 heterocycles. The number of carboxylic acids is 1. The lowest BCUT2D eigenvalue weighted by molar-refractivity contribution is -0.143. The van der Waals surface area contributed by atoms with Gasteiger partial charge in [0.2, 0.25) is 41.2 Å². The van der Waals surface area contributed by atoms with Gasteiger partial charge in [0, 0.05) is 35.7 Å². The maximum Gasteiger partial charge on any atom is 0.408 e. The summed E-state index contributed by atoms with van der Waals surface area (Å²) >= 11 is 13.9. The fourth-order valence-electron chi connectivity index (χ4n) is 11.8. The molecule has 17 bridgehead atoms. The topological polar surface area (TPSA) is 435 Å². The Morgan fingerprint density at radius 2 is 1.19 bits per heavy atom. The number of aliphatic hydroxyl groups excluding tert-OH is 1. The number of aliphatic carboxylic acids is 1. The molecule has 6 aliphatic rings. The summed E-state index contributed by atoms with van der Waals surface area (Å²) in [5.74, 6) is -15.6. The molecule has 0 spiro atoms. The van der Waals surface area contributed by atoms with Gasteiger partial charge in [0.1, 0.15) is 88.2 Å². The van der Waals surface area contributed by atoms with Crippen molar-refractivity contribution < 1.29 is 98.2 Å². The zero-order valence-corrected chi connectivity index (χ0v) is 55.2. The van der Waals surface area contributed by atoms with Crippen LogP contribution in [0.4, 0.5) is 4.79 Å². The Kier molecular flexibility index (Phi) is 19.8. The van der Waals surface area contributed by atoms with Gasteiger partial charge in [-0.2, -0.15) is 0 Å². The molecule has 0 aliphatic carbocycles. The third-order valence-corrected chi connectivity index (χ3v) is 17.2. The number of hydrogen-bond donors (Lipinski definition) is 16. The predicted molar refractivity (Wildman–Crippen MR) is 355 cm³/mol. The van der Waals surface area contributed by atoms with Crippen LogP contribution in [0.1, 0.15) is 108 Å². The first-order chi connectivity index (χ1) is 47.4. The number of benzene rings is 7. The van der Waals surface area contributed by atoms with Gasteiger partial charge in [0.25, 0.3) is 0 Å². The standard InChI is InChI=1S/C69H67Cl2N9O20/c1-69(2,3)100-68(96)79-53-31-9-12-44(83)48(23-31)97-36-20-33(19-35(81)26-36)54-64(91)76-55-34-24-49(98-46-13-7-29(17-40(46)70)18-42(61(88)74-54)73-62(53)89)60(87)50(25-34)99-47-14-10-32(22-41(47)71)58(85)57-66(93)77-56(67(94)95)38-27-45(84)39(28-72-15-6-16-80(4)5)59(86)51(38)37-21-30(8-11-43(37)82)52(63(90)78-57)75-65(55)92/h7-14,17,19-27,42,52-58,72,81-87H,6,15-16,18,28H2,1-5H3,(H,73,89)(H,74,88)(H,75,92)(H,76,91)(H,77,93)(H,78,90)(H,79,96)(H,94,95)/t42-,52-,53-,54-,55-,56-,57-,58?/m0/s1. The Bertz CT molecular complexity index is 4510. The molecule has 0 saturated heterocycles. The van der Waals surface area contributed by atoms with Gasteiger partial charge in [-0.25, -0.2) is 9.59 Å². The van der Waals surface area contributed by atoms with Crippen LogP contribution in [0, 0.1) is 0 Å². The minimum absolute atomic E-state index is 0.0104. The summed E-state index contributed by atoms with van der Waals surface area (Å²) in [6, 6.07) is 6.51. The molecule has 0 fully saturated rings. The second-order valence-corrected chi connectivity index (χ2v) is 26.1. The van der Waals surface area contributed by atoms with Crippen LogP contribution in [0.25, 0.3) is 11.1 Å². The summed E-state index contributed by atoms with van der Waals surface area (Å²) in [7, 11) is 3.72. The van der Waals surface area contributed by atoms with Crippen molar-refractivity contribution in [3.8, 4) is 80.1 Å². The molecule has 1 unspecified atom stereocenters. The van der Waals surface area contributed by atoms with Crippen molar-refractivity contribution in [1.82, 2.24) is 47.4 Å². The number of aliphatic hydroxyl groups is 1. The second-order valence-electron chi connectivity index (χ2n) is 25.3. The Labute approximate surface area is 578 Å². The molecule has 0 aromatic heterocycles. The number of nitrogens with one attached hydrogen (secondary N) is 8. The third kappa shape index (κ3) is 15.1. The summed E-state index contributed by atoms with van der Waals surface area (Å²) in [4.78, 5) is 121. The van der Waals surface area contributed by atoms with Crippen LogP contribution >= 0.6 is 23.2 Å². The van der Waals surface area contributed by atoms with Crippen molar-refractivity contribution in [1.29, 1.82) is 0 Å². The summed E-state index contributed by atoms with van der Waals surface area (Å²) in [5.41, 5.74) is -3.62. The van der Waals surface area contributed by atoms with Gasteiger partial charge in [0.15, 0.2) is 29.0 Å². The number of halogens is 2. The highest BCUT2D eigenvalue weighted by Crippen LogP contribution is 2.49. The van der Waals surface area contributed by atoms with E-state index in [4.69, 9.17) is 42.1 Å². The van der Waals surface area contributed by atoms with E-state index in [1.54, 1.807) is 20.8 Å². The third-order valence-electron chi connectivity index (χ3n) is 16.6. The zero-order valence-electron chi connectivity index (χ0n) is 53.7. The van der Waals surface area contributed by atoms with Gasteiger partial charge in [-0.3, -0.25) is 28.8 Å². The number of alkyl carbamates (subject to hydrolysis) is 1. The van der Waals surface area contributed by atoms with E-state index in [-0.39, 0.29) is 78.5 Å². The van der Waals surface area contributed by atoms with Gasteiger partial charge < -0.3 is 107 Å². The fraction of sp³-hybridized carbons (Fsp3) is 0.275. The van der Waals surface area contributed by atoms with Crippen molar-refractivity contribution in [2.24, 2.45) is 0 Å². The number of carbonyl (C=O) groups excluding carboxylic acids is 7. The van der Waals surface area contributed by atoms with Gasteiger partial charge in [-0.05, 0) is 167 Å². The average Bonchev–Trinajstić information content (AvgIpc) is 0.760. The molecule has 29 nitrogen and oxygen atoms in total. The van der Waals surface area contributed by atoms with Crippen LogP contribution in [-0.2, 0) is 51.3 Å². The number of aromatic hydroxyl groups is 6. The second kappa shape index (κ2) is 28.3. The number of ether oxygens (including phenoxy) is 4. The van der Waals surface area contributed by atoms with Gasteiger partial charge in [-0.15, -0.1) is 0 Å².